The zero-order valence-electron chi connectivity index (χ0n) is 12.5. The largest absolute Gasteiger partial charge is 0.465 e. The number of anilines is 2. The van der Waals surface area contributed by atoms with E-state index in [1.54, 1.807) is 48.5 Å². The van der Waals surface area contributed by atoms with E-state index in [4.69, 9.17) is 5.26 Å². The molecule has 0 bridgehead atoms. The number of methoxy groups -OCH3 is 1. The summed E-state index contributed by atoms with van der Waals surface area (Å²) in [5.41, 5.74) is 1.68. The number of nitrogens with zero attached hydrogens (tertiary/aromatic N) is 1. The molecule has 2 aromatic rings. The van der Waals surface area contributed by atoms with Crippen molar-refractivity contribution in [2.24, 2.45) is 0 Å². The SMILES string of the molecule is COC(=O)c1ccccc1NC(=O)CNc1ccccc1C#N. The number of carbonyl (C=O) groups excluding carboxylic acids is 2. The lowest BCUT2D eigenvalue weighted by Gasteiger charge is -2.11. The van der Waals surface area contributed by atoms with Gasteiger partial charge in [0, 0.05) is 0 Å². The summed E-state index contributed by atoms with van der Waals surface area (Å²) in [7, 11) is 1.28. The molecule has 2 rings (SSSR count). The summed E-state index contributed by atoms with van der Waals surface area (Å²) >= 11 is 0. The standard InChI is InChI=1S/C17H15N3O3/c1-23-17(22)13-7-3-5-9-15(13)20-16(21)11-19-14-8-4-2-6-12(14)10-18/h2-9,19H,11H2,1H3,(H,20,21). The van der Waals surface area contributed by atoms with Crippen molar-refractivity contribution in [1.29, 1.82) is 5.26 Å². The van der Waals surface area contributed by atoms with Crippen molar-refractivity contribution in [1.82, 2.24) is 0 Å². The first kappa shape index (κ1) is 16.0. The van der Waals surface area contributed by atoms with Gasteiger partial charge in [-0.1, -0.05) is 24.3 Å². The average Bonchev–Trinajstić information content (AvgIpc) is 2.60. The van der Waals surface area contributed by atoms with Gasteiger partial charge in [0.1, 0.15) is 6.07 Å². The predicted molar refractivity (Wildman–Crippen MR) is 86.1 cm³/mol. The Kier molecular flexibility index (Phi) is 5.31. The van der Waals surface area contributed by atoms with E-state index in [-0.39, 0.29) is 18.0 Å². The summed E-state index contributed by atoms with van der Waals surface area (Å²) in [4.78, 5) is 23.7. The molecule has 0 heterocycles. The van der Waals surface area contributed by atoms with Crippen LogP contribution in [-0.2, 0) is 9.53 Å². The molecule has 6 nitrogen and oxygen atoms in total. The second-order valence-corrected chi connectivity index (χ2v) is 4.60. The third kappa shape index (κ3) is 4.08. The molecular formula is C17H15N3O3. The van der Waals surface area contributed by atoms with Crippen molar-refractivity contribution < 1.29 is 14.3 Å². The molecule has 116 valence electrons. The van der Waals surface area contributed by atoms with E-state index in [2.05, 4.69) is 15.4 Å². The molecule has 1 amide bonds. The van der Waals surface area contributed by atoms with Crippen LogP contribution in [0.25, 0.3) is 0 Å². The van der Waals surface area contributed by atoms with E-state index in [1.165, 1.54) is 7.11 Å². The van der Waals surface area contributed by atoms with E-state index in [9.17, 15) is 9.59 Å². The van der Waals surface area contributed by atoms with Crippen LogP contribution in [0.4, 0.5) is 11.4 Å². The minimum Gasteiger partial charge on any atom is -0.465 e. The summed E-state index contributed by atoms with van der Waals surface area (Å²) in [6.07, 6.45) is 0. The highest BCUT2D eigenvalue weighted by atomic mass is 16.5. The Hall–Kier alpha value is -3.33. The predicted octanol–water partition coefficient (Wildman–Crippen LogP) is 2.40. The molecule has 0 saturated heterocycles. The van der Waals surface area contributed by atoms with Gasteiger partial charge in [0.25, 0.3) is 0 Å². The molecule has 0 saturated carbocycles. The van der Waals surface area contributed by atoms with Gasteiger partial charge in [-0.15, -0.1) is 0 Å². The van der Waals surface area contributed by atoms with Crippen molar-refractivity contribution >= 4 is 23.3 Å². The highest BCUT2D eigenvalue weighted by molar-refractivity contribution is 6.02. The monoisotopic (exact) mass is 309 g/mol. The van der Waals surface area contributed by atoms with Gasteiger partial charge in [-0.25, -0.2) is 4.79 Å². The van der Waals surface area contributed by atoms with Crippen LogP contribution in [0.3, 0.4) is 0 Å². The van der Waals surface area contributed by atoms with Crippen LogP contribution in [0.1, 0.15) is 15.9 Å². The molecule has 2 N–H and O–H groups in total. The van der Waals surface area contributed by atoms with Crippen LogP contribution >= 0.6 is 0 Å². The summed E-state index contributed by atoms with van der Waals surface area (Å²) in [6.45, 7) is -0.0335. The molecule has 0 fully saturated rings. The second kappa shape index (κ2) is 7.61. The number of esters is 1. The summed E-state index contributed by atoms with van der Waals surface area (Å²) < 4.78 is 4.68. The maximum Gasteiger partial charge on any atom is 0.339 e. The van der Waals surface area contributed by atoms with Crippen molar-refractivity contribution in [3.63, 3.8) is 0 Å². The fraction of sp³-hybridized carbons (Fsp3) is 0.118. The number of para-hydroxylation sites is 2. The normalized spacial score (nSPS) is 9.57. The van der Waals surface area contributed by atoms with Crippen molar-refractivity contribution in [3.8, 4) is 6.07 Å². The fourth-order valence-electron chi connectivity index (χ4n) is 1.98. The fourth-order valence-corrected chi connectivity index (χ4v) is 1.98. The molecule has 0 spiro atoms. The van der Waals surface area contributed by atoms with Crippen molar-refractivity contribution in [2.45, 2.75) is 0 Å². The lowest BCUT2D eigenvalue weighted by atomic mass is 10.1. The lowest BCUT2D eigenvalue weighted by molar-refractivity contribution is -0.114. The number of carbonyl (C=O) groups is 2. The van der Waals surface area contributed by atoms with Crippen LogP contribution in [-0.4, -0.2) is 25.5 Å². The van der Waals surface area contributed by atoms with Gasteiger partial charge < -0.3 is 15.4 Å². The Morgan fingerprint density at radius 1 is 1.09 bits per heavy atom. The van der Waals surface area contributed by atoms with E-state index in [0.717, 1.165) is 0 Å². The Balaban J connectivity index is 2.04. The first-order chi connectivity index (χ1) is 11.2. The van der Waals surface area contributed by atoms with Gasteiger partial charge in [-0.3, -0.25) is 4.79 Å². The molecule has 23 heavy (non-hydrogen) atoms. The van der Waals surface area contributed by atoms with Crippen LogP contribution in [0.2, 0.25) is 0 Å². The van der Waals surface area contributed by atoms with Crippen LogP contribution < -0.4 is 10.6 Å². The Morgan fingerprint density at radius 2 is 1.74 bits per heavy atom. The highest BCUT2D eigenvalue weighted by Gasteiger charge is 2.13. The number of amides is 1. The van der Waals surface area contributed by atoms with Crippen LogP contribution in [0.5, 0.6) is 0 Å². The van der Waals surface area contributed by atoms with Crippen LogP contribution in [0, 0.1) is 11.3 Å². The first-order valence-corrected chi connectivity index (χ1v) is 6.86. The average molecular weight is 309 g/mol. The molecule has 0 aliphatic rings. The second-order valence-electron chi connectivity index (χ2n) is 4.60. The minimum absolute atomic E-state index is 0.0335. The Bertz CT molecular complexity index is 766. The van der Waals surface area contributed by atoms with Gasteiger partial charge in [0.2, 0.25) is 5.91 Å². The highest BCUT2D eigenvalue weighted by Crippen LogP contribution is 2.16. The number of nitriles is 1. The number of ether oxygens (including phenoxy) is 1. The maximum absolute atomic E-state index is 12.0. The number of rotatable bonds is 5. The first-order valence-electron chi connectivity index (χ1n) is 6.86. The minimum atomic E-state index is -0.524. The Morgan fingerprint density at radius 3 is 2.43 bits per heavy atom. The third-order valence-corrected chi connectivity index (χ3v) is 3.09. The van der Waals surface area contributed by atoms with E-state index < -0.39 is 5.97 Å². The molecule has 6 heteroatoms. The summed E-state index contributed by atoms with van der Waals surface area (Å²) in [5, 5.41) is 14.5. The van der Waals surface area contributed by atoms with E-state index in [0.29, 0.717) is 16.9 Å². The number of nitrogens with one attached hydrogen (secondary N) is 2. The van der Waals surface area contributed by atoms with Crippen LogP contribution in [0.15, 0.2) is 48.5 Å². The molecule has 0 aliphatic heterocycles. The molecule has 0 unspecified atom stereocenters. The van der Waals surface area contributed by atoms with Gasteiger partial charge in [-0.05, 0) is 24.3 Å². The Labute approximate surface area is 133 Å². The molecule has 0 aliphatic carbocycles. The number of hydrogen-bond acceptors (Lipinski definition) is 5. The van der Waals surface area contributed by atoms with Gasteiger partial charge in [0.15, 0.2) is 0 Å². The van der Waals surface area contributed by atoms with E-state index >= 15 is 0 Å². The zero-order valence-corrected chi connectivity index (χ0v) is 12.5. The van der Waals surface area contributed by atoms with Crippen molar-refractivity contribution in [2.75, 3.05) is 24.3 Å². The molecule has 2 aromatic carbocycles. The number of benzene rings is 2. The van der Waals surface area contributed by atoms with Gasteiger partial charge in [-0.2, -0.15) is 5.26 Å². The molecular weight excluding hydrogens is 294 g/mol. The molecule has 0 atom stereocenters. The van der Waals surface area contributed by atoms with E-state index in [1.807, 2.05) is 6.07 Å². The zero-order chi connectivity index (χ0) is 16.7. The third-order valence-electron chi connectivity index (χ3n) is 3.09. The topological polar surface area (TPSA) is 91.2 Å². The molecule has 0 radical (unpaired) electrons. The number of hydrogen-bond donors (Lipinski definition) is 2. The van der Waals surface area contributed by atoms with Gasteiger partial charge >= 0.3 is 5.97 Å². The lowest BCUT2D eigenvalue weighted by Crippen LogP contribution is -2.23. The smallest absolute Gasteiger partial charge is 0.339 e. The summed E-state index contributed by atoms with van der Waals surface area (Å²) in [5.74, 6) is -0.863. The molecule has 0 aromatic heterocycles. The van der Waals surface area contributed by atoms with Gasteiger partial charge in [0.05, 0.1) is 36.2 Å². The van der Waals surface area contributed by atoms with Crippen molar-refractivity contribution in [3.05, 3.63) is 59.7 Å². The quantitative estimate of drug-likeness (QED) is 0.828. The maximum atomic E-state index is 12.0. The summed E-state index contributed by atoms with van der Waals surface area (Å²) in [6, 6.07) is 15.5.